The number of benzene rings is 2. The molecule has 0 aliphatic carbocycles. The van der Waals surface area contributed by atoms with Gasteiger partial charge in [0, 0.05) is 5.02 Å². The van der Waals surface area contributed by atoms with Crippen molar-refractivity contribution < 1.29 is 4.74 Å². The molecule has 0 unspecified atom stereocenters. The highest BCUT2D eigenvalue weighted by Gasteiger charge is 2.12. The summed E-state index contributed by atoms with van der Waals surface area (Å²) in [5.41, 5.74) is 2.10. The van der Waals surface area contributed by atoms with Crippen LogP contribution in [0, 0.1) is 6.92 Å². The number of hydrogen-bond acceptors (Lipinski definition) is 4. The Morgan fingerprint density at radius 2 is 1.96 bits per heavy atom. The van der Waals surface area contributed by atoms with E-state index in [0.717, 1.165) is 11.1 Å². The maximum Gasteiger partial charge on any atom is 0.316 e. The minimum absolute atomic E-state index is 0.160. The van der Waals surface area contributed by atoms with Gasteiger partial charge in [0.15, 0.2) is 0 Å². The number of nitrogens with zero attached hydrogens (tertiary/aromatic N) is 2. The zero-order valence-electron chi connectivity index (χ0n) is 14.3. The number of ether oxygens (including phenoxy) is 1. The summed E-state index contributed by atoms with van der Waals surface area (Å²) in [4.78, 5) is 16.2. The highest BCUT2D eigenvalue weighted by atomic mass is 35.5. The van der Waals surface area contributed by atoms with Gasteiger partial charge in [0.2, 0.25) is 11.7 Å². The van der Waals surface area contributed by atoms with Gasteiger partial charge in [0.1, 0.15) is 0 Å². The van der Waals surface area contributed by atoms with Gasteiger partial charge in [-0.1, -0.05) is 47.5 Å². The van der Waals surface area contributed by atoms with Crippen molar-refractivity contribution in [3.63, 3.8) is 0 Å². The van der Waals surface area contributed by atoms with Crippen LogP contribution in [0.5, 0.6) is 5.75 Å². The molecule has 5 nitrogen and oxygen atoms in total. The van der Waals surface area contributed by atoms with E-state index in [2.05, 4.69) is 10.3 Å². The fourth-order valence-corrected chi connectivity index (χ4v) is 2.92. The monoisotopic (exact) mass is 389 g/mol. The predicted octanol–water partition coefficient (Wildman–Crippen LogP) is 4.66. The maximum atomic E-state index is 12.1. The Balaban J connectivity index is 2.04. The molecule has 0 atom stereocenters. The molecule has 0 spiro atoms. The zero-order valence-corrected chi connectivity index (χ0v) is 15.8. The number of anilines is 2. The van der Waals surface area contributed by atoms with Gasteiger partial charge in [-0.25, -0.2) is 0 Å². The lowest BCUT2D eigenvalue weighted by molar-refractivity contribution is 0.402. The Morgan fingerprint density at radius 1 is 1.19 bits per heavy atom. The van der Waals surface area contributed by atoms with E-state index in [9.17, 15) is 4.79 Å². The molecule has 3 aromatic rings. The Hall–Kier alpha value is -2.50. The Labute approximate surface area is 161 Å². The van der Waals surface area contributed by atoms with E-state index in [1.54, 1.807) is 16.8 Å². The van der Waals surface area contributed by atoms with Crippen LogP contribution in [0.15, 0.2) is 53.5 Å². The summed E-state index contributed by atoms with van der Waals surface area (Å²) in [5, 5.41) is 4.35. The largest absolute Gasteiger partial charge is 0.490 e. The average molecular weight is 390 g/mol. The van der Waals surface area contributed by atoms with Crippen molar-refractivity contribution in [2.75, 3.05) is 12.4 Å². The van der Waals surface area contributed by atoms with Crippen molar-refractivity contribution in [2.24, 2.45) is 0 Å². The quantitative estimate of drug-likeness (QED) is 0.689. The van der Waals surface area contributed by atoms with Gasteiger partial charge in [-0.3, -0.25) is 4.79 Å². The first-order chi connectivity index (χ1) is 12.5. The predicted molar refractivity (Wildman–Crippen MR) is 105 cm³/mol. The lowest BCUT2D eigenvalue weighted by atomic mass is 10.2. The number of rotatable bonds is 5. The van der Waals surface area contributed by atoms with Crippen molar-refractivity contribution in [3.05, 3.63) is 80.2 Å². The molecular weight excluding hydrogens is 373 g/mol. The summed E-state index contributed by atoms with van der Waals surface area (Å²) in [5.74, 6) is 0.524. The molecule has 0 radical (unpaired) electrons. The number of halogens is 2. The Morgan fingerprint density at radius 3 is 2.69 bits per heavy atom. The zero-order chi connectivity index (χ0) is 18.7. The third-order valence-corrected chi connectivity index (χ3v) is 4.60. The van der Waals surface area contributed by atoms with Gasteiger partial charge in [-0.2, -0.15) is 4.98 Å². The van der Waals surface area contributed by atoms with Gasteiger partial charge in [0.25, 0.3) is 0 Å². The number of aryl methyl sites for hydroxylation is 1. The summed E-state index contributed by atoms with van der Waals surface area (Å²) in [6.45, 7) is 2.37. The second kappa shape index (κ2) is 7.81. The number of nitrogens with one attached hydrogen (secondary N) is 1. The lowest BCUT2D eigenvalue weighted by Crippen LogP contribution is -2.18. The summed E-state index contributed by atoms with van der Waals surface area (Å²) in [7, 11) is 1.44. The molecule has 1 heterocycles. The SMILES string of the molecule is COc1cn(Cc2cccc(Cl)c2)c(Nc2cccc(C)c2Cl)nc1=O. The first-order valence-corrected chi connectivity index (χ1v) is 8.65. The van der Waals surface area contributed by atoms with E-state index in [-0.39, 0.29) is 5.75 Å². The van der Waals surface area contributed by atoms with Crippen LogP contribution < -0.4 is 15.6 Å². The van der Waals surface area contributed by atoms with Crippen molar-refractivity contribution in [1.82, 2.24) is 9.55 Å². The molecule has 1 aromatic heterocycles. The van der Waals surface area contributed by atoms with E-state index >= 15 is 0 Å². The van der Waals surface area contributed by atoms with Crippen LogP contribution in [0.3, 0.4) is 0 Å². The lowest BCUT2D eigenvalue weighted by Gasteiger charge is -2.16. The van der Waals surface area contributed by atoms with Gasteiger partial charge in [-0.15, -0.1) is 0 Å². The van der Waals surface area contributed by atoms with E-state index in [1.807, 2.05) is 43.3 Å². The first kappa shape index (κ1) is 18.3. The second-order valence-corrected chi connectivity index (χ2v) is 6.57. The molecular formula is C19H17Cl2N3O2. The van der Waals surface area contributed by atoms with Gasteiger partial charge >= 0.3 is 5.56 Å². The van der Waals surface area contributed by atoms with Crippen LogP contribution >= 0.6 is 23.2 Å². The van der Waals surface area contributed by atoms with Crippen LogP contribution in [0.25, 0.3) is 0 Å². The number of methoxy groups -OCH3 is 1. The topological polar surface area (TPSA) is 56.1 Å². The van der Waals surface area contributed by atoms with E-state index in [4.69, 9.17) is 27.9 Å². The summed E-state index contributed by atoms with van der Waals surface area (Å²) in [6, 6.07) is 13.1. The van der Waals surface area contributed by atoms with Crippen molar-refractivity contribution >= 4 is 34.8 Å². The van der Waals surface area contributed by atoms with E-state index < -0.39 is 5.56 Å². The molecule has 0 bridgehead atoms. The molecule has 0 amide bonds. The molecule has 0 saturated heterocycles. The van der Waals surface area contributed by atoms with Crippen LogP contribution in [0.4, 0.5) is 11.6 Å². The summed E-state index contributed by atoms with van der Waals surface area (Å²) < 4.78 is 6.90. The Kier molecular flexibility index (Phi) is 5.49. The molecule has 1 N–H and O–H groups in total. The van der Waals surface area contributed by atoms with Crippen LogP contribution in [0.2, 0.25) is 10.0 Å². The average Bonchev–Trinajstić information content (AvgIpc) is 2.61. The van der Waals surface area contributed by atoms with Crippen molar-refractivity contribution in [2.45, 2.75) is 13.5 Å². The smallest absolute Gasteiger partial charge is 0.316 e. The molecule has 2 aromatic carbocycles. The summed E-state index contributed by atoms with van der Waals surface area (Å²) in [6.07, 6.45) is 1.61. The molecule has 26 heavy (non-hydrogen) atoms. The van der Waals surface area contributed by atoms with Crippen LogP contribution in [-0.4, -0.2) is 16.7 Å². The Bertz CT molecular complexity index is 1000. The highest BCUT2D eigenvalue weighted by Crippen LogP contribution is 2.28. The fraction of sp³-hybridized carbons (Fsp3) is 0.158. The molecule has 3 rings (SSSR count). The van der Waals surface area contributed by atoms with Gasteiger partial charge < -0.3 is 14.6 Å². The third kappa shape index (κ3) is 4.00. The van der Waals surface area contributed by atoms with Crippen LogP contribution in [-0.2, 0) is 6.54 Å². The minimum atomic E-state index is -0.457. The van der Waals surface area contributed by atoms with Crippen molar-refractivity contribution in [3.8, 4) is 5.75 Å². The standard InChI is InChI=1S/C19H17Cl2N3O2/c1-12-5-3-8-15(17(12)21)22-19-23-18(25)16(26-2)11-24(19)10-13-6-4-7-14(20)9-13/h3-9,11H,10H2,1-2H3,(H,22,23,25). The molecule has 7 heteroatoms. The van der Waals surface area contributed by atoms with E-state index in [0.29, 0.717) is 28.2 Å². The molecule has 0 aliphatic rings. The van der Waals surface area contributed by atoms with Gasteiger partial charge in [-0.05, 0) is 36.2 Å². The molecule has 134 valence electrons. The van der Waals surface area contributed by atoms with E-state index in [1.165, 1.54) is 7.11 Å². The minimum Gasteiger partial charge on any atom is -0.490 e. The van der Waals surface area contributed by atoms with Crippen LogP contribution in [0.1, 0.15) is 11.1 Å². The molecule has 0 aliphatic heterocycles. The number of aromatic nitrogens is 2. The third-order valence-electron chi connectivity index (χ3n) is 3.86. The normalized spacial score (nSPS) is 10.6. The second-order valence-electron chi connectivity index (χ2n) is 5.76. The highest BCUT2D eigenvalue weighted by molar-refractivity contribution is 6.34. The van der Waals surface area contributed by atoms with Gasteiger partial charge in [0.05, 0.1) is 30.6 Å². The maximum absolute atomic E-state index is 12.1. The summed E-state index contributed by atoms with van der Waals surface area (Å²) >= 11 is 12.4. The molecule has 0 fully saturated rings. The molecule has 0 saturated carbocycles. The van der Waals surface area contributed by atoms with Crippen molar-refractivity contribution in [1.29, 1.82) is 0 Å². The first-order valence-electron chi connectivity index (χ1n) is 7.90. The number of hydrogen-bond donors (Lipinski definition) is 1. The fourth-order valence-electron chi connectivity index (χ4n) is 2.53.